The van der Waals surface area contributed by atoms with Crippen molar-refractivity contribution in [2.24, 2.45) is 5.73 Å². The van der Waals surface area contributed by atoms with Gasteiger partial charge in [0.25, 0.3) is 0 Å². The molecule has 6 heteroatoms. The molecular weight excluding hydrogens is 276 g/mol. The second-order valence-corrected chi connectivity index (χ2v) is 4.49. The van der Waals surface area contributed by atoms with Crippen LogP contribution in [0, 0.1) is 0 Å². The summed E-state index contributed by atoms with van der Waals surface area (Å²) in [6, 6.07) is 10.6. The largest absolute Gasteiger partial charge is 0.507 e. The topological polar surface area (TPSA) is 98.6 Å². The average Bonchev–Trinajstić information content (AvgIpc) is 2.39. The first kappa shape index (κ1) is 13.8. The fourth-order valence-corrected chi connectivity index (χ4v) is 1.71. The highest BCUT2D eigenvalue weighted by molar-refractivity contribution is 7.80. The van der Waals surface area contributed by atoms with Crippen LogP contribution in [0.15, 0.2) is 42.5 Å². The fraction of sp³-hybridized carbons (Fsp3) is 0. The predicted octanol–water partition coefficient (Wildman–Crippen LogP) is 1.83. The number of carbonyl (C=O) groups excluding carboxylic acids is 1. The van der Waals surface area contributed by atoms with Crippen molar-refractivity contribution >= 4 is 28.9 Å². The second-order valence-electron chi connectivity index (χ2n) is 4.05. The van der Waals surface area contributed by atoms with E-state index in [0.717, 1.165) is 0 Å². The van der Waals surface area contributed by atoms with Crippen LogP contribution in [0.25, 0.3) is 0 Å². The van der Waals surface area contributed by atoms with Gasteiger partial charge in [0.1, 0.15) is 22.1 Å². The lowest BCUT2D eigenvalue weighted by Crippen LogP contribution is -2.11. The summed E-state index contributed by atoms with van der Waals surface area (Å²) in [5, 5.41) is 9.64. The van der Waals surface area contributed by atoms with Crippen molar-refractivity contribution in [3.8, 4) is 11.5 Å². The van der Waals surface area contributed by atoms with Crippen LogP contribution in [0.3, 0.4) is 0 Å². The Morgan fingerprint density at radius 3 is 2.35 bits per heavy atom. The first-order chi connectivity index (χ1) is 9.47. The zero-order valence-corrected chi connectivity index (χ0v) is 11.2. The lowest BCUT2D eigenvalue weighted by Gasteiger charge is -2.07. The van der Waals surface area contributed by atoms with E-state index >= 15 is 0 Å². The van der Waals surface area contributed by atoms with Crippen molar-refractivity contribution in [1.82, 2.24) is 0 Å². The minimum Gasteiger partial charge on any atom is -0.507 e. The van der Waals surface area contributed by atoms with E-state index in [1.165, 1.54) is 18.2 Å². The first-order valence-corrected chi connectivity index (χ1v) is 6.09. The Hall–Kier alpha value is -2.60. The predicted molar refractivity (Wildman–Crippen MR) is 79.8 cm³/mol. The number of anilines is 1. The Labute approximate surface area is 120 Å². The second kappa shape index (κ2) is 5.58. The molecule has 102 valence electrons. The number of hydrogen-bond acceptors (Lipinski definition) is 5. The molecule has 2 aromatic carbocycles. The molecule has 0 aliphatic rings. The van der Waals surface area contributed by atoms with E-state index in [-0.39, 0.29) is 16.3 Å². The van der Waals surface area contributed by atoms with E-state index < -0.39 is 5.97 Å². The molecule has 0 saturated carbocycles. The third-order valence-corrected chi connectivity index (χ3v) is 2.83. The number of rotatable bonds is 3. The molecule has 0 unspecified atom stereocenters. The number of benzene rings is 2. The molecule has 0 heterocycles. The summed E-state index contributed by atoms with van der Waals surface area (Å²) in [4.78, 5) is 12.2. The molecule has 2 rings (SSSR count). The van der Waals surface area contributed by atoms with Crippen molar-refractivity contribution in [3.63, 3.8) is 0 Å². The number of carbonyl (C=O) groups is 1. The monoisotopic (exact) mass is 288 g/mol. The quantitative estimate of drug-likeness (QED) is 0.345. The smallest absolute Gasteiger partial charge is 0.347 e. The third-order valence-electron chi connectivity index (χ3n) is 2.59. The van der Waals surface area contributed by atoms with Crippen LogP contribution in [0.5, 0.6) is 11.5 Å². The molecular formula is C14H12N2O3S. The maximum absolute atomic E-state index is 11.9. The van der Waals surface area contributed by atoms with Crippen molar-refractivity contribution in [1.29, 1.82) is 0 Å². The van der Waals surface area contributed by atoms with Crippen LogP contribution in [0.4, 0.5) is 5.69 Å². The molecule has 0 spiro atoms. The molecule has 0 radical (unpaired) electrons. The number of aromatic hydroxyl groups is 1. The molecule has 0 aromatic heterocycles. The minimum absolute atomic E-state index is 0.0395. The number of hydrogen-bond donors (Lipinski definition) is 3. The van der Waals surface area contributed by atoms with Crippen molar-refractivity contribution in [2.45, 2.75) is 0 Å². The van der Waals surface area contributed by atoms with E-state index in [9.17, 15) is 9.90 Å². The van der Waals surface area contributed by atoms with Gasteiger partial charge in [0.15, 0.2) is 0 Å². The Bertz CT molecular complexity index is 669. The number of ether oxygens (including phenoxy) is 1. The summed E-state index contributed by atoms with van der Waals surface area (Å²) in [7, 11) is 0. The Kier molecular flexibility index (Phi) is 3.86. The van der Waals surface area contributed by atoms with Crippen LogP contribution in [-0.4, -0.2) is 16.1 Å². The van der Waals surface area contributed by atoms with Gasteiger partial charge in [-0.15, -0.1) is 0 Å². The number of nitrogens with two attached hydrogens (primary N) is 2. The lowest BCUT2D eigenvalue weighted by atomic mass is 10.2. The zero-order valence-electron chi connectivity index (χ0n) is 10.4. The molecule has 5 nitrogen and oxygen atoms in total. The van der Waals surface area contributed by atoms with E-state index in [1.54, 1.807) is 24.3 Å². The van der Waals surface area contributed by atoms with E-state index in [1.807, 2.05) is 0 Å². The van der Waals surface area contributed by atoms with Crippen LogP contribution in [-0.2, 0) is 0 Å². The van der Waals surface area contributed by atoms with Gasteiger partial charge in [-0.1, -0.05) is 12.2 Å². The number of nitrogen functional groups attached to an aromatic ring is 1. The average molecular weight is 288 g/mol. The van der Waals surface area contributed by atoms with E-state index in [0.29, 0.717) is 17.0 Å². The lowest BCUT2D eigenvalue weighted by molar-refractivity contribution is 0.0731. The van der Waals surface area contributed by atoms with E-state index in [2.05, 4.69) is 0 Å². The van der Waals surface area contributed by atoms with Gasteiger partial charge in [-0.2, -0.15) is 0 Å². The molecule has 0 fully saturated rings. The molecule has 0 saturated heterocycles. The Balaban J connectivity index is 2.17. The highest BCUT2D eigenvalue weighted by atomic mass is 32.1. The maximum Gasteiger partial charge on any atom is 0.347 e. The molecule has 0 atom stereocenters. The summed E-state index contributed by atoms with van der Waals surface area (Å²) in [6.45, 7) is 0. The zero-order chi connectivity index (χ0) is 14.7. The van der Waals surface area contributed by atoms with Gasteiger partial charge in [-0.05, 0) is 36.4 Å². The number of esters is 1. The molecule has 5 N–H and O–H groups in total. The molecule has 0 bridgehead atoms. The summed E-state index contributed by atoms with van der Waals surface area (Å²) >= 11 is 4.82. The molecule has 0 aliphatic carbocycles. The SMILES string of the molecule is NC(=S)c1ccc(OC(=O)c2ccc(N)cc2O)cc1. The maximum atomic E-state index is 11.9. The standard InChI is InChI=1S/C14H12N2O3S/c15-9-3-6-11(12(17)7-9)14(18)19-10-4-1-8(2-5-10)13(16)20/h1-7,17H,15H2,(H2,16,20). The summed E-state index contributed by atoms with van der Waals surface area (Å²) in [5.74, 6) is -0.577. The molecule has 0 aliphatic heterocycles. The highest BCUT2D eigenvalue weighted by Crippen LogP contribution is 2.22. The molecule has 0 amide bonds. The third kappa shape index (κ3) is 3.04. The van der Waals surface area contributed by atoms with E-state index in [4.69, 9.17) is 28.4 Å². The van der Waals surface area contributed by atoms with Gasteiger partial charge < -0.3 is 21.3 Å². The number of phenols is 1. The fourth-order valence-electron chi connectivity index (χ4n) is 1.57. The van der Waals surface area contributed by atoms with Crippen LogP contribution < -0.4 is 16.2 Å². The van der Waals surface area contributed by atoms with Crippen molar-refractivity contribution in [2.75, 3.05) is 5.73 Å². The number of thiocarbonyl (C=S) groups is 1. The van der Waals surface area contributed by atoms with Crippen LogP contribution in [0.1, 0.15) is 15.9 Å². The van der Waals surface area contributed by atoms with Gasteiger partial charge >= 0.3 is 5.97 Å². The van der Waals surface area contributed by atoms with Crippen molar-refractivity contribution in [3.05, 3.63) is 53.6 Å². The van der Waals surface area contributed by atoms with Crippen molar-refractivity contribution < 1.29 is 14.6 Å². The van der Waals surface area contributed by atoms with Crippen LogP contribution >= 0.6 is 12.2 Å². The van der Waals surface area contributed by atoms with Gasteiger partial charge in [-0.25, -0.2) is 4.79 Å². The van der Waals surface area contributed by atoms with Gasteiger partial charge in [0, 0.05) is 17.3 Å². The Morgan fingerprint density at radius 2 is 1.80 bits per heavy atom. The molecule has 2 aromatic rings. The van der Waals surface area contributed by atoms with Gasteiger partial charge in [0.2, 0.25) is 0 Å². The normalized spacial score (nSPS) is 10.0. The van der Waals surface area contributed by atoms with Crippen LogP contribution in [0.2, 0.25) is 0 Å². The highest BCUT2D eigenvalue weighted by Gasteiger charge is 2.13. The summed E-state index contributed by atoms with van der Waals surface area (Å²) in [5.41, 5.74) is 12.0. The minimum atomic E-state index is -0.675. The number of phenolic OH excluding ortho intramolecular Hbond substituents is 1. The molecule has 20 heavy (non-hydrogen) atoms. The Morgan fingerprint density at radius 1 is 1.15 bits per heavy atom. The summed E-state index contributed by atoms with van der Waals surface area (Å²) in [6.07, 6.45) is 0. The van der Waals surface area contributed by atoms with Gasteiger partial charge in [-0.3, -0.25) is 0 Å². The van der Waals surface area contributed by atoms with Gasteiger partial charge in [0.05, 0.1) is 0 Å². The summed E-state index contributed by atoms with van der Waals surface area (Å²) < 4.78 is 5.13. The first-order valence-electron chi connectivity index (χ1n) is 5.68.